The Bertz CT molecular complexity index is 981. The van der Waals surface area contributed by atoms with E-state index in [-0.39, 0.29) is 0 Å². The van der Waals surface area contributed by atoms with Gasteiger partial charge in [-0.3, -0.25) is 0 Å². The molecule has 0 saturated heterocycles. The van der Waals surface area contributed by atoms with Crippen molar-refractivity contribution in [1.82, 2.24) is 0 Å². The third-order valence-corrected chi connectivity index (χ3v) is 10.7. The molecular formula is C19H17FO4STe. The predicted octanol–water partition coefficient (Wildman–Crippen LogP) is 3.57. The van der Waals surface area contributed by atoms with Gasteiger partial charge >= 0.3 is 160 Å². The van der Waals surface area contributed by atoms with E-state index in [1.165, 1.54) is 0 Å². The fourth-order valence-electron chi connectivity index (χ4n) is 2.52. The molecular weight excluding hydrogens is 471 g/mol. The summed E-state index contributed by atoms with van der Waals surface area (Å²) in [6, 6.07) is 18.5. The van der Waals surface area contributed by atoms with Crippen LogP contribution in [-0.4, -0.2) is 38.1 Å². The molecule has 0 saturated carbocycles. The van der Waals surface area contributed by atoms with Crippen molar-refractivity contribution in [3.05, 3.63) is 89.7 Å². The molecule has 0 unspecified atom stereocenters. The summed E-state index contributed by atoms with van der Waals surface area (Å²) >= 11 is -3.23. The van der Waals surface area contributed by atoms with Gasteiger partial charge in [-0.05, 0) is 0 Å². The Kier molecular flexibility index (Phi) is 6.05. The molecule has 3 rings (SSSR count). The van der Waals surface area contributed by atoms with Gasteiger partial charge < -0.3 is 0 Å². The molecule has 0 fully saturated rings. The van der Waals surface area contributed by atoms with E-state index in [4.69, 9.17) is 7.28 Å². The molecule has 136 valence electrons. The van der Waals surface area contributed by atoms with E-state index >= 15 is 0 Å². The van der Waals surface area contributed by atoms with E-state index in [2.05, 4.69) is 0 Å². The first kappa shape index (κ1) is 19.0. The number of halogens is 1. The van der Waals surface area contributed by atoms with Crippen LogP contribution in [0.2, 0.25) is 0 Å². The number of benzene rings is 2. The Hall–Kier alpha value is -1.78. The van der Waals surface area contributed by atoms with Crippen molar-refractivity contribution in [3.63, 3.8) is 0 Å². The summed E-state index contributed by atoms with van der Waals surface area (Å²) in [4.78, 5) is 0. The van der Waals surface area contributed by atoms with Crippen molar-refractivity contribution in [2.45, 2.75) is 6.92 Å². The molecule has 26 heavy (non-hydrogen) atoms. The molecule has 0 radical (unpaired) electrons. The maximum atomic E-state index is 13.5. The van der Waals surface area contributed by atoms with Gasteiger partial charge in [0.2, 0.25) is 0 Å². The Balaban J connectivity index is 2.25. The molecule has 0 aliphatic carbocycles. The first-order valence-corrected chi connectivity index (χ1v) is 12.5. The van der Waals surface area contributed by atoms with Crippen molar-refractivity contribution >= 4 is 37.2 Å². The number of ether oxygens (including phenoxy) is 1. The summed E-state index contributed by atoms with van der Waals surface area (Å²) in [6.07, 6.45) is 3.51. The van der Waals surface area contributed by atoms with Gasteiger partial charge in [0.05, 0.1) is 0 Å². The van der Waals surface area contributed by atoms with Crippen LogP contribution in [0, 0.1) is 0 Å². The topological polar surface area (TPSA) is 52.6 Å². The van der Waals surface area contributed by atoms with Crippen LogP contribution < -0.4 is 0 Å². The van der Waals surface area contributed by atoms with E-state index in [0.717, 1.165) is 11.1 Å². The first-order valence-electron chi connectivity index (χ1n) is 7.91. The second-order valence-electron chi connectivity index (χ2n) is 5.31. The van der Waals surface area contributed by atoms with E-state index in [9.17, 15) is 12.3 Å². The third kappa shape index (κ3) is 4.68. The molecule has 2 aromatic rings. The zero-order valence-electron chi connectivity index (χ0n) is 14.0. The molecule has 0 spiro atoms. The van der Waals surface area contributed by atoms with E-state index in [1.54, 1.807) is 12.2 Å². The summed E-state index contributed by atoms with van der Waals surface area (Å²) in [7, 11) is -5.09. The summed E-state index contributed by atoms with van der Waals surface area (Å²) in [5.41, 5.74) is 1.60. The van der Waals surface area contributed by atoms with Gasteiger partial charge in [-0.2, -0.15) is 0 Å². The van der Waals surface area contributed by atoms with Crippen LogP contribution in [0.3, 0.4) is 0 Å². The Labute approximate surface area is 159 Å². The SMILES string of the molecule is CCOC1=CC(c2ccccc2)=[Te](OS(=O)(=O)F)C(c2ccccc2)=C1. The molecule has 0 aromatic heterocycles. The van der Waals surface area contributed by atoms with Crippen LogP contribution in [-0.2, 0) is 17.8 Å². The molecule has 4 nitrogen and oxygen atoms in total. The van der Waals surface area contributed by atoms with Crippen molar-refractivity contribution in [3.8, 4) is 0 Å². The van der Waals surface area contributed by atoms with Gasteiger partial charge in [0, 0.05) is 0 Å². The normalized spacial score (nSPS) is 15.4. The van der Waals surface area contributed by atoms with Crippen LogP contribution in [0.4, 0.5) is 3.89 Å². The minimum atomic E-state index is -5.09. The molecule has 2 aromatic carbocycles. The van der Waals surface area contributed by atoms with Crippen LogP contribution in [0.1, 0.15) is 18.1 Å². The average Bonchev–Trinajstić information content (AvgIpc) is 2.63. The average molecular weight is 488 g/mol. The van der Waals surface area contributed by atoms with E-state index < -0.39 is 30.0 Å². The second-order valence-corrected chi connectivity index (χ2v) is 11.4. The van der Waals surface area contributed by atoms with E-state index in [0.29, 0.717) is 19.5 Å². The van der Waals surface area contributed by atoms with Crippen LogP contribution >= 0.6 is 0 Å². The molecule has 0 amide bonds. The minimum absolute atomic E-state index is 0.463. The van der Waals surface area contributed by atoms with Gasteiger partial charge in [-0.25, -0.2) is 0 Å². The molecule has 7 heteroatoms. The van der Waals surface area contributed by atoms with Gasteiger partial charge in [0.1, 0.15) is 0 Å². The molecule has 1 aliphatic heterocycles. The molecule has 0 atom stereocenters. The fourth-order valence-corrected chi connectivity index (χ4v) is 9.42. The molecule has 1 aliphatic rings. The molecule has 1 heterocycles. The van der Waals surface area contributed by atoms with Gasteiger partial charge in [0.25, 0.3) is 0 Å². The third-order valence-electron chi connectivity index (χ3n) is 3.52. The summed E-state index contributed by atoms with van der Waals surface area (Å²) in [6.45, 7) is 2.33. The second kappa shape index (κ2) is 8.28. The number of rotatable bonds is 6. The molecule has 0 bridgehead atoms. The fraction of sp³-hybridized carbons (Fsp3) is 0.105. The van der Waals surface area contributed by atoms with E-state index in [1.807, 2.05) is 67.6 Å². The van der Waals surface area contributed by atoms with Crippen molar-refractivity contribution in [2.75, 3.05) is 6.61 Å². The first-order chi connectivity index (χ1) is 12.5. The Morgan fingerprint density at radius 3 is 2.04 bits per heavy atom. The number of hydrogen-bond donors (Lipinski definition) is 0. The number of allylic oxidation sites excluding steroid dienone is 2. The number of hydrogen-bond acceptors (Lipinski definition) is 4. The standard InChI is InChI=1S/C19H17FO4STe/c1-2-23-17-13-18(15-9-5-3-6-10-15)26(24-25(20,21)22)19(14-17)16-11-7-4-8-12-16/h3-14H,2H2,1H3. The molecule has 0 N–H and O–H groups in total. The van der Waals surface area contributed by atoms with Gasteiger partial charge in [0.15, 0.2) is 0 Å². The maximum absolute atomic E-state index is 13.5. The summed E-state index contributed by atoms with van der Waals surface area (Å²) in [5.74, 6) is 0.599. The Morgan fingerprint density at radius 2 is 1.50 bits per heavy atom. The van der Waals surface area contributed by atoms with Crippen molar-refractivity contribution in [1.29, 1.82) is 0 Å². The van der Waals surface area contributed by atoms with Gasteiger partial charge in [-0.15, -0.1) is 0 Å². The van der Waals surface area contributed by atoms with Crippen molar-refractivity contribution in [2.24, 2.45) is 0 Å². The van der Waals surface area contributed by atoms with Gasteiger partial charge in [-0.1, -0.05) is 0 Å². The van der Waals surface area contributed by atoms with Crippen LogP contribution in [0.5, 0.6) is 0 Å². The Morgan fingerprint density at radius 1 is 0.923 bits per heavy atom. The summed E-state index contributed by atoms with van der Waals surface area (Å²) in [5, 5.41) is 0. The van der Waals surface area contributed by atoms with Crippen molar-refractivity contribution < 1.29 is 19.6 Å². The predicted molar refractivity (Wildman–Crippen MR) is 102 cm³/mol. The zero-order valence-corrected chi connectivity index (χ0v) is 17.1. The van der Waals surface area contributed by atoms with Crippen LogP contribution in [0.25, 0.3) is 3.62 Å². The van der Waals surface area contributed by atoms with Crippen LogP contribution in [0.15, 0.2) is 78.6 Å². The monoisotopic (exact) mass is 490 g/mol. The summed E-state index contributed by atoms with van der Waals surface area (Å²) < 4.78 is 48.2. The quantitative estimate of drug-likeness (QED) is 0.462. The zero-order chi connectivity index (χ0) is 18.6.